The van der Waals surface area contributed by atoms with E-state index in [0.717, 1.165) is 11.3 Å². The van der Waals surface area contributed by atoms with E-state index < -0.39 is 11.9 Å². The molecule has 5 nitrogen and oxygen atoms in total. The molecule has 0 aliphatic carbocycles. The van der Waals surface area contributed by atoms with Gasteiger partial charge in [-0.05, 0) is 24.6 Å². The lowest BCUT2D eigenvalue weighted by atomic mass is 10.2. The molecule has 0 N–H and O–H groups in total. The molecule has 0 aromatic heterocycles. The fourth-order valence-electron chi connectivity index (χ4n) is 1.27. The van der Waals surface area contributed by atoms with Crippen molar-refractivity contribution < 1.29 is 23.8 Å². The summed E-state index contributed by atoms with van der Waals surface area (Å²) in [5, 5.41) is 0. The van der Waals surface area contributed by atoms with Gasteiger partial charge >= 0.3 is 11.9 Å². The van der Waals surface area contributed by atoms with Crippen molar-refractivity contribution in [3.05, 3.63) is 29.8 Å². The molecule has 0 atom stereocenters. The Labute approximate surface area is 106 Å². The first-order chi connectivity index (χ1) is 8.65. The van der Waals surface area contributed by atoms with Gasteiger partial charge in [-0.1, -0.05) is 12.1 Å². The third kappa shape index (κ3) is 4.86. The highest BCUT2D eigenvalue weighted by Gasteiger charge is 2.11. The SMILES string of the molecule is CCOC(=O)CC(=O)OCc1ccc(OC)cc1. The van der Waals surface area contributed by atoms with Gasteiger partial charge in [-0.25, -0.2) is 0 Å². The van der Waals surface area contributed by atoms with Crippen LogP contribution < -0.4 is 4.74 Å². The highest BCUT2D eigenvalue weighted by molar-refractivity contribution is 5.91. The summed E-state index contributed by atoms with van der Waals surface area (Å²) in [5.74, 6) is -0.432. The van der Waals surface area contributed by atoms with E-state index in [0.29, 0.717) is 0 Å². The van der Waals surface area contributed by atoms with E-state index in [9.17, 15) is 9.59 Å². The Hall–Kier alpha value is -2.04. The van der Waals surface area contributed by atoms with Crippen LogP contribution in [0.3, 0.4) is 0 Å². The van der Waals surface area contributed by atoms with Crippen molar-refractivity contribution in [1.29, 1.82) is 0 Å². The lowest BCUT2D eigenvalue weighted by molar-refractivity contribution is -0.155. The van der Waals surface area contributed by atoms with E-state index in [-0.39, 0.29) is 19.6 Å². The van der Waals surface area contributed by atoms with Gasteiger partial charge < -0.3 is 14.2 Å². The Balaban J connectivity index is 2.35. The number of methoxy groups -OCH3 is 1. The highest BCUT2D eigenvalue weighted by atomic mass is 16.6. The van der Waals surface area contributed by atoms with Gasteiger partial charge in [0.1, 0.15) is 18.8 Å². The zero-order valence-electron chi connectivity index (χ0n) is 10.5. The summed E-state index contributed by atoms with van der Waals surface area (Å²) in [4.78, 5) is 22.3. The molecule has 0 spiro atoms. The van der Waals surface area contributed by atoms with Crippen LogP contribution in [0.1, 0.15) is 18.9 Å². The van der Waals surface area contributed by atoms with Crippen molar-refractivity contribution in [3.8, 4) is 5.75 Å². The molecule has 0 bridgehead atoms. The molecule has 0 amide bonds. The second kappa shape index (κ2) is 7.32. The highest BCUT2D eigenvalue weighted by Crippen LogP contribution is 2.12. The third-order valence-corrected chi connectivity index (χ3v) is 2.15. The smallest absolute Gasteiger partial charge is 0.317 e. The number of ether oxygens (including phenoxy) is 3. The number of rotatable bonds is 6. The van der Waals surface area contributed by atoms with Gasteiger partial charge in [0.2, 0.25) is 0 Å². The molecule has 1 aromatic carbocycles. The van der Waals surface area contributed by atoms with Crippen LogP contribution in [0.25, 0.3) is 0 Å². The molecule has 18 heavy (non-hydrogen) atoms. The molecule has 0 heterocycles. The Kier molecular flexibility index (Phi) is 5.70. The second-order valence-corrected chi connectivity index (χ2v) is 3.49. The zero-order valence-corrected chi connectivity index (χ0v) is 10.5. The Morgan fingerprint density at radius 1 is 1.06 bits per heavy atom. The van der Waals surface area contributed by atoms with Crippen molar-refractivity contribution in [2.45, 2.75) is 20.0 Å². The van der Waals surface area contributed by atoms with E-state index in [4.69, 9.17) is 9.47 Å². The Morgan fingerprint density at radius 3 is 2.22 bits per heavy atom. The lowest BCUT2D eigenvalue weighted by Crippen LogP contribution is -2.13. The number of esters is 2. The quantitative estimate of drug-likeness (QED) is 0.569. The Bertz CT molecular complexity index is 396. The standard InChI is InChI=1S/C13H16O5/c1-3-17-12(14)8-13(15)18-9-10-4-6-11(16-2)7-5-10/h4-7H,3,8-9H2,1-2H3. The van der Waals surface area contributed by atoms with Crippen LogP contribution >= 0.6 is 0 Å². The molecule has 0 aliphatic heterocycles. The fourth-order valence-corrected chi connectivity index (χ4v) is 1.27. The summed E-state index contributed by atoms with van der Waals surface area (Å²) in [6.07, 6.45) is -0.357. The first-order valence-electron chi connectivity index (χ1n) is 5.60. The summed E-state index contributed by atoms with van der Waals surface area (Å²) in [6, 6.07) is 7.12. The minimum atomic E-state index is -0.593. The molecule has 1 rings (SSSR count). The van der Waals surface area contributed by atoms with Crippen LogP contribution in [0, 0.1) is 0 Å². The van der Waals surface area contributed by atoms with Crippen LogP contribution in [0.4, 0.5) is 0 Å². The minimum absolute atomic E-state index is 0.127. The molecule has 0 saturated heterocycles. The van der Waals surface area contributed by atoms with Crippen molar-refractivity contribution in [3.63, 3.8) is 0 Å². The van der Waals surface area contributed by atoms with Gasteiger partial charge in [0.15, 0.2) is 0 Å². The third-order valence-electron chi connectivity index (χ3n) is 2.15. The van der Waals surface area contributed by atoms with Crippen molar-refractivity contribution in [2.24, 2.45) is 0 Å². The molecule has 0 aliphatic rings. The monoisotopic (exact) mass is 252 g/mol. The summed E-state index contributed by atoms with van der Waals surface area (Å²) >= 11 is 0. The molecule has 5 heteroatoms. The van der Waals surface area contributed by atoms with Crippen molar-refractivity contribution in [1.82, 2.24) is 0 Å². The van der Waals surface area contributed by atoms with E-state index in [2.05, 4.69) is 4.74 Å². The molecule has 0 radical (unpaired) electrons. The van der Waals surface area contributed by atoms with Gasteiger partial charge in [0, 0.05) is 0 Å². The van der Waals surface area contributed by atoms with E-state index >= 15 is 0 Å². The van der Waals surface area contributed by atoms with E-state index in [1.807, 2.05) is 0 Å². The zero-order chi connectivity index (χ0) is 13.4. The molecular formula is C13H16O5. The maximum Gasteiger partial charge on any atom is 0.317 e. The van der Waals surface area contributed by atoms with Gasteiger partial charge in [0.25, 0.3) is 0 Å². The van der Waals surface area contributed by atoms with Crippen LogP contribution in [0.5, 0.6) is 5.75 Å². The number of hydrogen-bond acceptors (Lipinski definition) is 5. The molecule has 98 valence electrons. The van der Waals surface area contributed by atoms with Gasteiger partial charge in [-0.15, -0.1) is 0 Å². The summed E-state index contributed by atoms with van der Waals surface area (Å²) in [6.45, 7) is 2.06. The normalized spacial score (nSPS) is 9.67. The summed E-state index contributed by atoms with van der Waals surface area (Å²) in [7, 11) is 1.58. The van der Waals surface area contributed by atoms with E-state index in [1.54, 1.807) is 38.3 Å². The molecule has 0 fully saturated rings. The minimum Gasteiger partial charge on any atom is -0.497 e. The van der Waals surface area contributed by atoms with E-state index in [1.165, 1.54) is 0 Å². The largest absolute Gasteiger partial charge is 0.497 e. The predicted molar refractivity (Wildman–Crippen MR) is 64.0 cm³/mol. The number of hydrogen-bond donors (Lipinski definition) is 0. The predicted octanol–water partition coefficient (Wildman–Crippen LogP) is 1.69. The number of carbonyl (C=O) groups excluding carboxylic acids is 2. The van der Waals surface area contributed by atoms with Gasteiger partial charge in [-0.3, -0.25) is 9.59 Å². The van der Waals surface area contributed by atoms with Crippen LogP contribution in [0.15, 0.2) is 24.3 Å². The Morgan fingerprint density at radius 2 is 1.67 bits per heavy atom. The van der Waals surface area contributed by atoms with Crippen LogP contribution in [-0.4, -0.2) is 25.7 Å². The topological polar surface area (TPSA) is 61.8 Å². The van der Waals surface area contributed by atoms with Crippen molar-refractivity contribution >= 4 is 11.9 Å². The van der Waals surface area contributed by atoms with Gasteiger partial charge in [-0.2, -0.15) is 0 Å². The average Bonchev–Trinajstić information content (AvgIpc) is 2.37. The average molecular weight is 252 g/mol. The number of carbonyl (C=O) groups is 2. The molecule has 0 saturated carbocycles. The lowest BCUT2D eigenvalue weighted by Gasteiger charge is -2.05. The summed E-state index contributed by atoms with van der Waals surface area (Å²) < 4.78 is 14.6. The second-order valence-electron chi connectivity index (χ2n) is 3.49. The van der Waals surface area contributed by atoms with Crippen LogP contribution in [0.2, 0.25) is 0 Å². The first kappa shape index (κ1) is 14.0. The maximum absolute atomic E-state index is 11.3. The van der Waals surface area contributed by atoms with Crippen molar-refractivity contribution in [2.75, 3.05) is 13.7 Å². The van der Waals surface area contributed by atoms with Gasteiger partial charge in [0.05, 0.1) is 13.7 Å². The first-order valence-corrected chi connectivity index (χ1v) is 5.60. The molecular weight excluding hydrogens is 236 g/mol. The molecule has 1 aromatic rings. The fraction of sp³-hybridized carbons (Fsp3) is 0.385. The summed E-state index contributed by atoms with van der Waals surface area (Å²) in [5.41, 5.74) is 0.827. The number of benzene rings is 1. The maximum atomic E-state index is 11.3. The molecule has 0 unspecified atom stereocenters. The van der Waals surface area contributed by atoms with Crippen LogP contribution in [-0.2, 0) is 25.7 Å².